The highest BCUT2D eigenvalue weighted by Gasteiger charge is 2.34. The molecule has 2 fully saturated rings. The van der Waals surface area contributed by atoms with Crippen molar-refractivity contribution in [1.29, 1.82) is 0 Å². The Balaban J connectivity index is 1.48. The molecule has 2 aliphatic rings. The molecule has 1 aliphatic carbocycles. The molecule has 1 aromatic rings. The Kier molecular flexibility index (Phi) is 4.43. The van der Waals surface area contributed by atoms with Crippen LogP contribution < -0.4 is 5.32 Å². The van der Waals surface area contributed by atoms with Gasteiger partial charge in [0, 0.05) is 24.7 Å². The van der Waals surface area contributed by atoms with Crippen molar-refractivity contribution in [2.45, 2.75) is 25.3 Å². The van der Waals surface area contributed by atoms with E-state index in [0.29, 0.717) is 17.0 Å². The average Bonchev–Trinajstić information content (AvgIpc) is 3.30. The first-order valence-electron chi connectivity index (χ1n) is 7.88. The normalized spacial score (nSPS) is 21.6. The van der Waals surface area contributed by atoms with Gasteiger partial charge in [-0.15, -0.1) is 0 Å². The highest BCUT2D eigenvalue weighted by molar-refractivity contribution is 5.96. The zero-order valence-corrected chi connectivity index (χ0v) is 12.9. The van der Waals surface area contributed by atoms with Crippen molar-refractivity contribution in [3.05, 3.63) is 35.4 Å². The lowest BCUT2D eigenvalue weighted by Gasteiger charge is -2.15. The first kappa shape index (κ1) is 15.0. The molecular weight excluding hydrogens is 280 g/mol. The van der Waals surface area contributed by atoms with E-state index in [1.807, 2.05) is 0 Å². The number of carbonyl (C=O) groups is 2. The highest BCUT2D eigenvalue weighted by atomic mass is 16.5. The van der Waals surface area contributed by atoms with Gasteiger partial charge in [-0.05, 0) is 56.0 Å². The maximum Gasteiger partial charge on any atom is 0.337 e. The molecule has 0 spiro atoms. The van der Waals surface area contributed by atoms with E-state index >= 15 is 0 Å². The minimum atomic E-state index is -0.391. The number of hydrogen-bond donors (Lipinski definition) is 1. The van der Waals surface area contributed by atoms with E-state index in [-0.39, 0.29) is 5.91 Å². The van der Waals surface area contributed by atoms with Crippen molar-refractivity contribution in [2.24, 2.45) is 5.92 Å². The van der Waals surface area contributed by atoms with E-state index in [0.717, 1.165) is 25.6 Å². The number of rotatable bonds is 5. The number of ether oxygens (including phenoxy) is 1. The lowest BCUT2D eigenvalue weighted by molar-refractivity contribution is 0.0600. The van der Waals surface area contributed by atoms with Crippen molar-refractivity contribution < 1.29 is 14.3 Å². The van der Waals surface area contributed by atoms with Crippen LogP contribution in [0.15, 0.2) is 24.3 Å². The number of nitrogens with one attached hydrogen (secondary N) is 1. The van der Waals surface area contributed by atoms with Gasteiger partial charge >= 0.3 is 5.97 Å². The van der Waals surface area contributed by atoms with Gasteiger partial charge in [-0.3, -0.25) is 4.79 Å². The summed E-state index contributed by atoms with van der Waals surface area (Å²) < 4.78 is 4.64. The van der Waals surface area contributed by atoms with Crippen molar-refractivity contribution in [3.8, 4) is 0 Å². The quantitative estimate of drug-likeness (QED) is 0.841. The second kappa shape index (κ2) is 6.48. The number of benzene rings is 1. The third kappa shape index (κ3) is 3.47. The van der Waals surface area contributed by atoms with Gasteiger partial charge in [-0.2, -0.15) is 0 Å². The molecule has 1 saturated heterocycles. The topological polar surface area (TPSA) is 58.6 Å². The molecule has 1 amide bonds. The number of amides is 1. The standard InChI is InChI=1S/C17H22N2O3/c1-22-17(21)14-4-2-13(3-5-14)16(20)18-10-12-8-9-19(11-12)15-6-7-15/h2-5,12,15H,6-11H2,1H3,(H,18,20). The Bertz CT molecular complexity index is 552. The highest BCUT2D eigenvalue weighted by Crippen LogP contribution is 2.31. The van der Waals surface area contributed by atoms with Crippen LogP contribution in [0.25, 0.3) is 0 Å². The van der Waals surface area contributed by atoms with Gasteiger partial charge in [0.25, 0.3) is 5.91 Å². The van der Waals surface area contributed by atoms with Crippen LogP contribution in [0.2, 0.25) is 0 Å². The molecule has 1 atom stereocenters. The van der Waals surface area contributed by atoms with Gasteiger partial charge in [0.2, 0.25) is 0 Å². The largest absolute Gasteiger partial charge is 0.465 e. The fraction of sp³-hybridized carbons (Fsp3) is 0.529. The molecule has 1 saturated carbocycles. The van der Waals surface area contributed by atoms with Crippen LogP contribution in [-0.4, -0.2) is 49.6 Å². The molecule has 3 rings (SSSR count). The molecule has 0 aromatic heterocycles. The van der Waals surface area contributed by atoms with Crippen LogP contribution in [0, 0.1) is 5.92 Å². The summed E-state index contributed by atoms with van der Waals surface area (Å²) in [6, 6.07) is 7.36. The number of esters is 1. The third-order valence-electron chi connectivity index (χ3n) is 4.50. The van der Waals surface area contributed by atoms with Gasteiger partial charge in [0.05, 0.1) is 12.7 Å². The Morgan fingerprint density at radius 2 is 1.86 bits per heavy atom. The van der Waals surface area contributed by atoms with Crippen molar-refractivity contribution in [3.63, 3.8) is 0 Å². The maximum absolute atomic E-state index is 12.1. The zero-order chi connectivity index (χ0) is 15.5. The number of likely N-dealkylation sites (tertiary alicyclic amines) is 1. The van der Waals surface area contributed by atoms with Crippen molar-refractivity contribution >= 4 is 11.9 Å². The molecule has 0 bridgehead atoms. The van der Waals surface area contributed by atoms with Crippen molar-refractivity contribution in [1.82, 2.24) is 10.2 Å². The Hall–Kier alpha value is -1.88. The van der Waals surface area contributed by atoms with Crippen LogP contribution in [0.3, 0.4) is 0 Å². The second-order valence-electron chi connectivity index (χ2n) is 6.16. The minimum Gasteiger partial charge on any atom is -0.465 e. The lowest BCUT2D eigenvalue weighted by atomic mass is 10.1. The van der Waals surface area contributed by atoms with Gasteiger partial charge in [0.15, 0.2) is 0 Å². The van der Waals surface area contributed by atoms with Gasteiger partial charge < -0.3 is 15.0 Å². The summed E-state index contributed by atoms with van der Waals surface area (Å²) in [6.45, 7) is 2.99. The fourth-order valence-corrected chi connectivity index (χ4v) is 3.02. The summed E-state index contributed by atoms with van der Waals surface area (Å²) in [5.74, 6) is 0.0817. The lowest BCUT2D eigenvalue weighted by Crippen LogP contribution is -2.31. The first-order chi connectivity index (χ1) is 10.7. The number of carbonyl (C=O) groups excluding carboxylic acids is 2. The number of methoxy groups -OCH3 is 1. The molecule has 118 valence electrons. The molecular formula is C17H22N2O3. The first-order valence-corrected chi connectivity index (χ1v) is 7.88. The van der Waals surface area contributed by atoms with Crippen LogP contribution >= 0.6 is 0 Å². The SMILES string of the molecule is COC(=O)c1ccc(C(=O)NCC2CCN(C3CC3)C2)cc1. The molecule has 1 aliphatic heterocycles. The van der Waals surface area contributed by atoms with Gasteiger partial charge in [0.1, 0.15) is 0 Å². The molecule has 1 aromatic carbocycles. The molecule has 5 nitrogen and oxygen atoms in total. The molecule has 1 N–H and O–H groups in total. The zero-order valence-electron chi connectivity index (χ0n) is 12.9. The molecule has 1 unspecified atom stereocenters. The van der Waals surface area contributed by atoms with E-state index in [1.54, 1.807) is 24.3 Å². The summed E-state index contributed by atoms with van der Waals surface area (Å²) in [4.78, 5) is 26.0. The second-order valence-corrected chi connectivity index (χ2v) is 6.16. The fourth-order valence-electron chi connectivity index (χ4n) is 3.02. The monoisotopic (exact) mass is 302 g/mol. The number of hydrogen-bond acceptors (Lipinski definition) is 4. The van der Waals surface area contributed by atoms with E-state index in [1.165, 1.54) is 26.5 Å². The molecule has 1 heterocycles. The van der Waals surface area contributed by atoms with E-state index in [2.05, 4.69) is 15.0 Å². The summed E-state index contributed by atoms with van der Waals surface area (Å²) in [5, 5.41) is 3.00. The summed E-state index contributed by atoms with van der Waals surface area (Å²) >= 11 is 0. The summed E-state index contributed by atoms with van der Waals surface area (Å²) in [6.07, 6.45) is 3.84. The van der Waals surface area contributed by atoms with Gasteiger partial charge in [-0.1, -0.05) is 0 Å². The predicted octanol–water partition coefficient (Wildman–Crippen LogP) is 1.69. The Morgan fingerprint density at radius 3 is 2.50 bits per heavy atom. The Labute approximate surface area is 130 Å². The summed E-state index contributed by atoms with van der Waals surface area (Å²) in [5.41, 5.74) is 1.03. The van der Waals surface area contributed by atoms with Crippen LogP contribution in [0.1, 0.15) is 40.0 Å². The van der Waals surface area contributed by atoms with Crippen LogP contribution in [0.4, 0.5) is 0 Å². The maximum atomic E-state index is 12.1. The smallest absolute Gasteiger partial charge is 0.337 e. The van der Waals surface area contributed by atoms with Crippen LogP contribution in [0.5, 0.6) is 0 Å². The average molecular weight is 302 g/mol. The third-order valence-corrected chi connectivity index (χ3v) is 4.50. The number of nitrogens with zero attached hydrogens (tertiary/aromatic N) is 1. The Morgan fingerprint density at radius 1 is 1.18 bits per heavy atom. The summed E-state index contributed by atoms with van der Waals surface area (Å²) in [7, 11) is 1.34. The van der Waals surface area contributed by atoms with Crippen molar-refractivity contribution in [2.75, 3.05) is 26.7 Å². The molecule has 5 heteroatoms. The molecule has 22 heavy (non-hydrogen) atoms. The predicted molar refractivity (Wildman–Crippen MR) is 82.8 cm³/mol. The minimum absolute atomic E-state index is 0.0821. The van der Waals surface area contributed by atoms with E-state index in [9.17, 15) is 9.59 Å². The van der Waals surface area contributed by atoms with Crippen LogP contribution in [-0.2, 0) is 4.74 Å². The molecule has 0 radical (unpaired) electrons. The van der Waals surface area contributed by atoms with E-state index < -0.39 is 5.97 Å². The van der Waals surface area contributed by atoms with E-state index in [4.69, 9.17) is 0 Å². The van der Waals surface area contributed by atoms with Gasteiger partial charge in [-0.25, -0.2) is 4.79 Å².